The predicted octanol–water partition coefficient (Wildman–Crippen LogP) is 2.80. The molecule has 2 rings (SSSR count). The first-order chi connectivity index (χ1) is 10.9. The van der Waals surface area contributed by atoms with Gasteiger partial charge in [-0.25, -0.2) is 0 Å². The predicted molar refractivity (Wildman–Crippen MR) is 89.9 cm³/mol. The molecule has 5 nitrogen and oxygen atoms in total. The largest absolute Gasteiger partial charge is 0.481 e. The molecule has 1 amide bonds. The zero-order valence-electron chi connectivity index (χ0n) is 13.5. The number of carboxylic acids is 1. The van der Waals surface area contributed by atoms with E-state index in [9.17, 15) is 14.7 Å². The van der Waals surface area contributed by atoms with Gasteiger partial charge >= 0.3 is 5.97 Å². The number of carboxylic acid groups (broad SMARTS) is 1. The summed E-state index contributed by atoms with van der Waals surface area (Å²) < 4.78 is 5.23. The minimum Gasteiger partial charge on any atom is -0.481 e. The fourth-order valence-corrected chi connectivity index (χ4v) is 3.37. The van der Waals surface area contributed by atoms with Crippen LogP contribution in [0.15, 0.2) is 29.2 Å². The summed E-state index contributed by atoms with van der Waals surface area (Å²) in [4.78, 5) is 24.9. The zero-order chi connectivity index (χ0) is 16.9. The highest BCUT2D eigenvalue weighted by molar-refractivity contribution is 7.99. The molecule has 0 spiro atoms. The summed E-state index contributed by atoms with van der Waals surface area (Å²) in [7, 11) is 0. The van der Waals surface area contributed by atoms with Gasteiger partial charge in [-0.3, -0.25) is 9.59 Å². The SMILES string of the molecule is CC(C)Sc1ccc(C(=O)NCC2(C(=O)O)CCOCC2)cc1. The van der Waals surface area contributed by atoms with Crippen LogP contribution in [0, 0.1) is 5.41 Å². The van der Waals surface area contributed by atoms with Crippen LogP contribution in [0.25, 0.3) is 0 Å². The van der Waals surface area contributed by atoms with Crippen molar-refractivity contribution in [1.82, 2.24) is 5.32 Å². The molecule has 1 fully saturated rings. The number of nitrogens with one attached hydrogen (secondary N) is 1. The maximum Gasteiger partial charge on any atom is 0.311 e. The van der Waals surface area contributed by atoms with E-state index in [2.05, 4.69) is 19.2 Å². The van der Waals surface area contributed by atoms with E-state index < -0.39 is 11.4 Å². The number of hydrogen-bond donors (Lipinski definition) is 2. The van der Waals surface area contributed by atoms with Gasteiger partial charge in [0.1, 0.15) is 0 Å². The number of carbonyl (C=O) groups is 2. The molecular formula is C17H23NO4S. The monoisotopic (exact) mass is 337 g/mol. The van der Waals surface area contributed by atoms with E-state index in [1.807, 2.05) is 12.1 Å². The number of aliphatic carboxylic acids is 1. The molecule has 0 bridgehead atoms. The molecule has 0 radical (unpaired) electrons. The molecule has 1 heterocycles. The first kappa shape index (κ1) is 17.8. The summed E-state index contributed by atoms with van der Waals surface area (Å²) in [5.74, 6) is -1.11. The smallest absolute Gasteiger partial charge is 0.311 e. The molecule has 0 aromatic heterocycles. The van der Waals surface area contributed by atoms with Gasteiger partial charge in [0, 0.05) is 35.5 Å². The van der Waals surface area contributed by atoms with Crippen molar-refractivity contribution in [3.63, 3.8) is 0 Å². The second-order valence-corrected chi connectivity index (χ2v) is 7.72. The van der Waals surface area contributed by atoms with E-state index in [0.717, 1.165) is 4.90 Å². The lowest BCUT2D eigenvalue weighted by molar-refractivity contribution is -0.154. The summed E-state index contributed by atoms with van der Waals surface area (Å²) in [5, 5.41) is 12.7. The molecule has 0 unspecified atom stereocenters. The summed E-state index contributed by atoms with van der Waals surface area (Å²) in [5.41, 5.74) is -0.368. The number of thioether (sulfide) groups is 1. The minimum absolute atomic E-state index is 0.132. The third-order valence-electron chi connectivity index (χ3n) is 3.98. The van der Waals surface area contributed by atoms with Gasteiger partial charge in [-0.2, -0.15) is 0 Å². The van der Waals surface area contributed by atoms with Crippen molar-refractivity contribution in [1.29, 1.82) is 0 Å². The van der Waals surface area contributed by atoms with Gasteiger partial charge in [0.25, 0.3) is 5.91 Å². The topological polar surface area (TPSA) is 75.6 Å². The molecule has 1 aliphatic heterocycles. The van der Waals surface area contributed by atoms with Crippen molar-refractivity contribution in [3.8, 4) is 0 Å². The van der Waals surface area contributed by atoms with E-state index in [1.165, 1.54) is 0 Å². The Bertz CT molecular complexity index is 550. The molecule has 23 heavy (non-hydrogen) atoms. The Labute approximate surface area is 140 Å². The van der Waals surface area contributed by atoms with Crippen molar-refractivity contribution in [2.45, 2.75) is 36.8 Å². The number of rotatable bonds is 6. The molecular weight excluding hydrogens is 314 g/mol. The van der Waals surface area contributed by atoms with E-state index in [-0.39, 0.29) is 12.5 Å². The average molecular weight is 337 g/mol. The molecule has 6 heteroatoms. The number of amides is 1. The van der Waals surface area contributed by atoms with Crippen LogP contribution in [-0.2, 0) is 9.53 Å². The number of benzene rings is 1. The van der Waals surface area contributed by atoms with Gasteiger partial charge in [0.15, 0.2) is 0 Å². The molecule has 1 aliphatic rings. The van der Waals surface area contributed by atoms with Crippen LogP contribution in [0.4, 0.5) is 0 Å². The number of carbonyl (C=O) groups excluding carboxylic acids is 1. The van der Waals surface area contributed by atoms with Crippen LogP contribution in [-0.4, -0.2) is 42.0 Å². The lowest BCUT2D eigenvalue weighted by atomic mass is 9.80. The van der Waals surface area contributed by atoms with E-state index in [0.29, 0.717) is 36.9 Å². The van der Waals surface area contributed by atoms with Crippen molar-refractivity contribution in [2.75, 3.05) is 19.8 Å². The van der Waals surface area contributed by atoms with E-state index in [4.69, 9.17) is 4.74 Å². The summed E-state index contributed by atoms with van der Waals surface area (Å²) in [6.45, 7) is 5.20. The van der Waals surface area contributed by atoms with E-state index >= 15 is 0 Å². The molecule has 0 aliphatic carbocycles. The first-order valence-electron chi connectivity index (χ1n) is 7.79. The van der Waals surface area contributed by atoms with E-state index in [1.54, 1.807) is 23.9 Å². The van der Waals surface area contributed by atoms with Crippen molar-refractivity contribution < 1.29 is 19.4 Å². The molecule has 0 atom stereocenters. The molecule has 2 N–H and O–H groups in total. The van der Waals surface area contributed by atoms with Gasteiger partial charge in [0.05, 0.1) is 5.41 Å². The van der Waals surface area contributed by atoms with Gasteiger partial charge in [-0.15, -0.1) is 11.8 Å². The van der Waals surface area contributed by atoms with Crippen molar-refractivity contribution >= 4 is 23.6 Å². The Morgan fingerprint density at radius 2 is 1.87 bits per heavy atom. The summed E-state index contributed by atoms with van der Waals surface area (Å²) in [6, 6.07) is 7.39. The Kier molecular flexibility index (Phi) is 6.07. The normalized spacial score (nSPS) is 17.0. The summed E-state index contributed by atoms with van der Waals surface area (Å²) >= 11 is 1.73. The van der Waals surface area contributed by atoms with Crippen LogP contribution >= 0.6 is 11.8 Å². The van der Waals surface area contributed by atoms with Gasteiger partial charge < -0.3 is 15.2 Å². The van der Waals surface area contributed by atoms with Crippen LogP contribution in [0.5, 0.6) is 0 Å². The third kappa shape index (κ3) is 4.72. The zero-order valence-corrected chi connectivity index (χ0v) is 14.3. The van der Waals surface area contributed by atoms with Gasteiger partial charge in [-0.1, -0.05) is 13.8 Å². The first-order valence-corrected chi connectivity index (χ1v) is 8.67. The van der Waals surface area contributed by atoms with Crippen LogP contribution in [0.3, 0.4) is 0 Å². The van der Waals surface area contributed by atoms with Crippen LogP contribution in [0.2, 0.25) is 0 Å². The molecule has 1 aromatic rings. The molecule has 1 saturated heterocycles. The standard InChI is InChI=1S/C17H23NO4S/c1-12(2)23-14-5-3-13(4-6-14)15(19)18-11-17(16(20)21)7-9-22-10-8-17/h3-6,12H,7-11H2,1-2H3,(H,18,19)(H,20,21). The Morgan fingerprint density at radius 1 is 1.26 bits per heavy atom. The maximum absolute atomic E-state index is 12.2. The van der Waals surface area contributed by atoms with Gasteiger partial charge in [-0.05, 0) is 37.1 Å². The van der Waals surface area contributed by atoms with Gasteiger partial charge in [0.2, 0.25) is 0 Å². The second kappa shape index (κ2) is 7.84. The maximum atomic E-state index is 12.2. The third-order valence-corrected chi connectivity index (χ3v) is 4.99. The lowest BCUT2D eigenvalue weighted by Crippen LogP contribution is -2.46. The fourth-order valence-electron chi connectivity index (χ4n) is 2.54. The highest BCUT2D eigenvalue weighted by Crippen LogP contribution is 2.30. The fraction of sp³-hybridized carbons (Fsp3) is 0.529. The minimum atomic E-state index is -0.915. The van der Waals surface area contributed by atoms with Crippen molar-refractivity contribution in [3.05, 3.63) is 29.8 Å². The quantitative estimate of drug-likeness (QED) is 0.781. The van der Waals surface area contributed by atoms with Crippen molar-refractivity contribution in [2.24, 2.45) is 5.41 Å². The summed E-state index contributed by atoms with van der Waals surface area (Å²) in [6.07, 6.45) is 0.846. The number of hydrogen-bond acceptors (Lipinski definition) is 4. The number of ether oxygens (including phenoxy) is 1. The Hall–Kier alpha value is -1.53. The highest BCUT2D eigenvalue weighted by atomic mass is 32.2. The molecule has 0 saturated carbocycles. The average Bonchev–Trinajstić information content (AvgIpc) is 2.53. The van der Waals surface area contributed by atoms with Crippen LogP contribution in [0.1, 0.15) is 37.0 Å². The highest BCUT2D eigenvalue weighted by Gasteiger charge is 2.40. The Balaban J connectivity index is 1.97. The molecule has 126 valence electrons. The second-order valence-electron chi connectivity index (χ2n) is 6.07. The Morgan fingerprint density at radius 3 is 2.39 bits per heavy atom. The molecule has 1 aromatic carbocycles. The lowest BCUT2D eigenvalue weighted by Gasteiger charge is -2.33. The van der Waals surface area contributed by atoms with Crippen LogP contribution < -0.4 is 5.32 Å².